The average molecular weight is 252 g/mol. The number of ether oxygens (including phenoxy) is 2. The van der Waals surface area contributed by atoms with E-state index in [1.54, 1.807) is 11.3 Å². The summed E-state index contributed by atoms with van der Waals surface area (Å²) < 4.78 is 11.1. The van der Waals surface area contributed by atoms with Crippen LogP contribution in [0.2, 0.25) is 0 Å². The van der Waals surface area contributed by atoms with E-state index in [1.165, 1.54) is 11.3 Å². The molecule has 16 heavy (non-hydrogen) atoms. The van der Waals surface area contributed by atoms with E-state index in [0.717, 1.165) is 21.8 Å². The third-order valence-electron chi connectivity index (χ3n) is 2.28. The molecule has 0 spiro atoms. The van der Waals surface area contributed by atoms with Gasteiger partial charge in [-0.05, 0) is 11.4 Å². The fourth-order valence-electron chi connectivity index (χ4n) is 1.62. The molecule has 0 unspecified atom stereocenters. The maximum atomic E-state index is 10.9. The quantitative estimate of drug-likeness (QED) is 0.771. The fraction of sp³-hybridized carbons (Fsp3) is 0.182. The topological polar surface area (TPSA) is 35.5 Å². The van der Waals surface area contributed by atoms with Crippen LogP contribution in [-0.2, 0) is 0 Å². The Morgan fingerprint density at radius 3 is 2.75 bits per heavy atom. The first-order valence-corrected chi connectivity index (χ1v) is 6.51. The van der Waals surface area contributed by atoms with E-state index in [-0.39, 0.29) is 0 Å². The second kappa shape index (κ2) is 3.92. The molecule has 82 valence electrons. The van der Waals surface area contributed by atoms with Gasteiger partial charge in [-0.25, -0.2) is 0 Å². The largest absolute Gasteiger partial charge is 0.485 e. The molecule has 0 aliphatic carbocycles. The molecule has 0 aromatic carbocycles. The van der Waals surface area contributed by atoms with Crippen LogP contribution in [0.4, 0.5) is 0 Å². The van der Waals surface area contributed by atoms with Gasteiger partial charge in [-0.3, -0.25) is 4.79 Å². The van der Waals surface area contributed by atoms with E-state index >= 15 is 0 Å². The molecule has 0 bridgehead atoms. The number of hydrogen-bond acceptors (Lipinski definition) is 5. The Kier molecular flexibility index (Phi) is 2.41. The Morgan fingerprint density at radius 2 is 2.06 bits per heavy atom. The standard InChI is InChI=1S/C11H8O3S2/c12-6-8-9-10(14-4-3-13-9)11(16-8)7-2-1-5-15-7/h1-2,5-6H,3-4H2. The highest BCUT2D eigenvalue weighted by atomic mass is 32.1. The van der Waals surface area contributed by atoms with E-state index < -0.39 is 0 Å². The Hall–Kier alpha value is -1.33. The van der Waals surface area contributed by atoms with E-state index in [0.29, 0.717) is 23.8 Å². The summed E-state index contributed by atoms with van der Waals surface area (Å²) >= 11 is 3.06. The number of thiophene rings is 2. The predicted molar refractivity (Wildman–Crippen MR) is 64.0 cm³/mol. The van der Waals surface area contributed by atoms with Crippen molar-refractivity contribution >= 4 is 29.0 Å². The molecule has 3 nitrogen and oxygen atoms in total. The molecule has 2 aromatic heterocycles. The van der Waals surface area contributed by atoms with Crippen molar-refractivity contribution in [3.05, 3.63) is 22.4 Å². The lowest BCUT2D eigenvalue weighted by Gasteiger charge is -2.16. The Bertz CT molecular complexity index is 514. The number of fused-ring (bicyclic) bond motifs is 1. The molecule has 1 aliphatic heterocycles. The minimum Gasteiger partial charge on any atom is -0.485 e. The molecule has 0 atom stereocenters. The number of aldehydes is 1. The number of rotatable bonds is 2. The zero-order chi connectivity index (χ0) is 11.0. The van der Waals surface area contributed by atoms with Crippen molar-refractivity contribution in [3.8, 4) is 21.3 Å². The summed E-state index contributed by atoms with van der Waals surface area (Å²) in [5.74, 6) is 1.33. The highest BCUT2D eigenvalue weighted by Gasteiger charge is 2.25. The Labute approximate surface area is 100 Å². The summed E-state index contributed by atoms with van der Waals surface area (Å²) in [6.07, 6.45) is 0.829. The van der Waals surface area contributed by atoms with Crippen molar-refractivity contribution < 1.29 is 14.3 Å². The van der Waals surface area contributed by atoms with Crippen LogP contribution in [0.15, 0.2) is 17.5 Å². The van der Waals surface area contributed by atoms with Crippen molar-refractivity contribution in [3.63, 3.8) is 0 Å². The van der Waals surface area contributed by atoms with E-state index in [4.69, 9.17) is 9.47 Å². The van der Waals surface area contributed by atoms with E-state index in [9.17, 15) is 4.79 Å². The van der Waals surface area contributed by atoms with Crippen LogP contribution < -0.4 is 9.47 Å². The summed E-state index contributed by atoms with van der Waals surface area (Å²) in [7, 11) is 0. The molecule has 1 aliphatic rings. The maximum Gasteiger partial charge on any atom is 0.183 e. The zero-order valence-corrected chi connectivity index (χ0v) is 9.90. The summed E-state index contributed by atoms with van der Waals surface area (Å²) in [5.41, 5.74) is 0. The van der Waals surface area contributed by atoms with Gasteiger partial charge < -0.3 is 9.47 Å². The number of hydrogen-bond donors (Lipinski definition) is 0. The van der Waals surface area contributed by atoms with Gasteiger partial charge in [-0.2, -0.15) is 0 Å². The van der Waals surface area contributed by atoms with Crippen LogP contribution in [-0.4, -0.2) is 19.5 Å². The van der Waals surface area contributed by atoms with Gasteiger partial charge in [-0.1, -0.05) is 6.07 Å². The summed E-state index contributed by atoms with van der Waals surface area (Å²) in [5, 5.41) is 2.01. The second-order valence-electron chi connectivity index (χ2n) is 3.25. The third-order valence-corrected chi connectivity index (χ3v) is 4.40. The minimum absolute atomic E-state index is 0.508. The predicted octanol–water partition coefficient (Wildman–Crippen LogP) is 3.06. The molecular weight excluding hydrogens is 244 g/mol. The lowest BCUT2D eigenvalue weighted by atomic mass is 10.3. The van der Waals surface area contributed by atoms with Crippen LogP contribution >= 0.6 is 22.7 Å². The van der Waals surface area contributed by atoms with Gasteiger partial charge in [0, 0.05) is 4.88 Å². The van der Waals surface area contributed by atoms with Gasteiger partial charge in [0.25, 0.3) is 0 Å². The number of carbonyl (C=O) groups excluding carboxylic acids is 1. The van der Waals surface area contributed by atoms with Crippen molar-refractivity contribution in [1.82, 2.24) is 0 Å². The number of carbonyl (C=O) groups is 1. The average Bonchev–Trinajstić information content (AvgIpc) is 2.95. The normalized spacial score (nSPS) is 13.8. The minimum atomic E-state index is 0.508. The highest BCUT2D eigenvalue weighted by Crippen LogP contribution is 2.49. The van der Waals surface area contributed by atoms with Gasteiger partial charge >= 0.3 is 0 Å². The van der Waals surface area contributed by atoms with Gasteiger partial charge in [0.2, 0.25) is 0 Å². The monoisotopic (exact) mass is 252 g/mol. The molecule has 3 heterocycles. The van der Waals surface area contributed by atoms with Crippen LogP contribution in [0.1, 0.15) is 9.67 Å². The highest BCUT2D eigenvalue weighted by molar-refractivity contribution is 7.22. The molecule has 0 saturated carbocycles. The van der Waals surface area contributed by atoms with Gasteiger partial charge in [0.15, 0.2) is 17.8 Å². The SMILES string of the molecule is O=Cc1sc(-c2cccs2)c2c1OCCO2. The fourth-order valence-corrected chi connectivity index (χ4v) is 3.48. The maximum absolute atomic E-state index is 10.9. The summed E-state index contributed by atoms with van der Waals surface area (Å²) in [4.78, 5) is 13.7. The molecule has 0 N–H and O–H groups in total. The van der Waals surface area contributed by atoms with Gasteiger partial charge in [0.1, 0.15) is 18.1 Å². The Balaban J connectivity index is 2.18. The third kappa shape index (κ3) is 1.44. The first-order chi connectivity index (χ1) is 7.90. The van der Waals surface area contributed by atoms with E-state index in [1.807, 2.05) is 17.5 Å². The molecule has 5 heteroatoms. The zero-order valence-electron chi connectivity index (χ0n) is 8.26. The van der Waals surface area contributed by atoms with Crippen LogP contribution in [0.5, 0.6) is 11.5 Å². The molecule has 0 amide bonds. The molecule has 2 aromatic rings. The second-order valence-corrected chi connectivity index (χ2v) is 5.25. The lowest BCUT2D eigenvalue weighted by Crippen LogP contribution is -2.15. The van der Waals surface area contributed by atoms with Crippen LogP contribution in [0.3, 0.4) is 0 Å². The molecular formula is C11H8O3S2. The molecule has 0 fully saturated rings. The Morgan fingerprint density at radius 1 is 1.25 bits per heavy atom. The van der Waals surface area contributed by atoms with Crippen LogP contribution in [0.25, 0.3) is 9.75 Å². The molecule has 0 radical (unpaired) electrons. The molecule has 0 saturated heterocycles. The molecule has 3 rings (SSSR count). The van der Waals surface area contributed by atoms with Crippen LogP contribution in [0, 0.1) is 0 Å². The van der Waals surface area contributed by atoms with Gasteiger partial charge in [0.05, 0.1) is 4.88 Å². The first-order valence-electron chi connectivity index (χ1n) is 4.81. The van der Waals surface area contributed by atoms with E-state index in [2.05, 4.69) is 0 Å². The van der Waals surface area contributed by atoms with Crippen molar-refractivity contribution in [2.75, 3.05) is 13.2 Å². The van der Waals surface area contributed by atoms with Crippen molar-refractivity contribution in [1.29, 1.82) is 0 Å². The summed E-state index contributed by atoms with van der Waals surface area (Å²) in [6, 6.07) is 4.00. The van der Waals surface area contributed by atoms with Gasteiger partial charge in [-0.15, -0.1) is 22.7 Å². The van der Waals surface area contributed by atoms with Crippen molar-refractivity contribution in [2.45, 2.75) is 0 Å². The lowest BCUT2D eigenvalue weighted by molar-refractivity contribution is 0.111. The first kappa shape index (κ1) is 9.86. The smallest absolute Gasteiger partial charge is 0.183 e. The van der Waals surface area contributed by atoms with Crippen molar-refractivity contribution in [2.24, 2.45) is 0 Å². The summed E-state index contributed by atoms with van der Waals surface area (Å²) in [6.45, 7) is 1.05.